The van der Waals surface area contributed by atoms with E-state index in [0.29, 0.717) is 12.0 Å². The minimum Gasteiger partial charge on any atom is -0.317 e. The van der Waals surface area contributed by atoms with E-state index in [1.807, 2.05) is 7.05 Å². The molecule has 1 aliphatic carbocycles. The highest BCUT2D eigenvalue weighted by molar-refractivity contribution is 7.16. The molecule has 21 heavy (non-hydrogen) atoms. The average molecular weight is 305 g/mol. The standard InChI is InChI=1S/C16H23N3OS/c1-3-4-9-19(2)10-8-15(20)18-16-13(11-17)12-6-5-7-14(12)21-16/h3-10H2,1-2H3,(H,18,20). The first-order valence-electron chi connectivity index (χ1n) is 7.68. The van der Waals surface area contributed by atoms with Crippen LogP contribution in [0.4, 0.5) is 5.00 Å². The Morgan fingerprint density at radius 3 is 2.95 bits per heavy atom. The molecule has 1 aromatic heterocycles. The molecule has 0 bridgehead atoms. The first-order valence-corrected chi connectivity index (χ1v) is 8.50. The number of anilines is 1. The first kappa shape index (κ1) is 16.0. The third-order valence-corrected chi connectivity index (χ3v) is 5.11. The number of rotatable bonds is 7. The summed E-state index contributed by atoms with van der Waals surface area (Å²) in [5.74, 6) is 0.00905. The van der Waals surface area contributed by atoms with E-state index < -0.39 is 0 Å². The fourth-order valence-electron chi connectivity index (χ4n) is 2.63. The fourth-order valence-corrected chi connectivity index (χ4v) is 3.89. The number of nitrogens with one attached hydrogen (secondary N) is 1. The maximum atomic E-state index is 12.0. The molecule has 0 saturated heterocycles. The van der Waals surface area contributed by atoms with Gasteiger partial charge in [-0.25, -0.2) is 0 Å². The molecule has 0 fully saturated rings. The molecule has 1 aliphatic rings. The van der Waals surface area contributed by atoms with Crippen molar-refractivity contribution in [3.63, 3.8) is 0 Å². The largest absolute Gasteiger partial charge is 0.317 e. The third kappa shape index (κ3) is 4.05. The highest BCUT2D eigenvalue weighted by Gasteiger charge is 2.22. The lowest BCUT2D eigenvalue weighted by Crippen LogP contribution is -2.25. The van der Waals surface area contributed by atoms with Crippen LogP contribution in [0, 0.1) is 11.3 Å². The first-order chi connectivity index (χ1) is 10.2. The number of nitriles is 1. The fraction of sp³-hybridized carbons (Fsp3) is 0.625. The van der Waals surface area contributed by atoms with Gasteiger partial charge in [0.15, 0.2) is 0 Å². The summed E-state index contributed by atoms with van der Waals surface area (Å²) < 4.78 is 0. The van der Waals surface area contributed by atoms with Crippen LogP contribution in [0.2, 0.25) is 0 Å². The smallest absolute Gasteiger partial charge is 0.226 e. The molecular formula is C16H23N3OS. The Balaban J connectivity index is 1.87. The summed E-state index contributed by atoms with van der Waals surface area (Å²) in [5.41, 5.74) is 1.86. The maximum absolute atomic E-state index is 12.0. The highest BCUT2D eigenvalue weighted by Crippen LogP contribution is 2.38. The Hall–Kier alpha value is -1.38. The van der Waals surface area contributed by atoms with Crippen LogP contribution in [0.25, 0.3) is 0 Å². The van der Waals surface area contributed by atoms with Gasteiger partial charge in [0.1, 0.15) is 11.1 Å². The van der Waals surface area contributed by atoms with Crippen molar-refractivity contribution in [1.82, 2.24) is 4.90 Å². The van der Waals surface area contributed by atoms with Crippen LogP contribution in [0.1, 0.15) is 48.6 Å². The molecule has 0 radical (unpaired) electrons. The second-order valence-electron chi connectivity index (χ2n) is 5.63. The van der Waals surface area contributed by atoms with Gasteiger partial charge in [0.25, 0.3) is 0 Å². The number of thiophene rings is 1. The minimum atomic E-state index is 0.00905. The van der Waals surface area contributed by atoms with Gasteiger partial charge in [-0.05, 0) is 44.8 Å². The van der Waals surface area contributed by atoms with Gasteiger partial charge in [0.2, 0.25) is 5.91 Å². The number of carbonyl (C=O) groups excluding carboxylic acids is 1. The van der Waals surface area contributed by atoms with Crippen molar-refractivity contribution in [2.24, 2.45) is 0 Å². The van der Waals surface area contributed by atoms with Crippen molar-refractivity contribution in [2.75, 3.05) is 25.5 Å². The Morgan fingerprint density at radius 2 is 2.24 bits per heavy atom. The Kier molecular flexibility index (Phi) is 5.77. The van der Waals surface area contributed by atoms with Gasteiger partial charge in [-0.1, -0.05) is 13.3 Å². The predicted octanol–water partition coefficient (Wildman–Crippen LogP) is 3.17. The summed E-state index contributed by atoms with van der Waals surface area (Å²) in [4.78, 5) is 15.5. The summed E-state index contributed by atoms with van der Waals surface area (Å²) in [6, 6.07) is 2.26. The van der Waals surface area contributed by atoms with Gasteiger partial charge in [-0.2, -0.15) is 5.26 Å². The monoisotopic (exact) mass is 305 g/mol. The quantitative estimate of drug-likeness (QED) is 0.842. The highest BCUT2D eigenvalue weighted by atomic mass is 32.1. The molecule has 1 amide bonds. The predicted molar refractivity (Wildman–Crippen MR) is 86.7 cm³/mol. The molecule has 0 aromatic carbocycles. The summed E-state index contributed by atoms with van der Waals surface area (Å²) in [6.07, 6.45) is 5.96. The molecule has 0 atom stereocenters. The summed E-state index contributed by atoms with van der Waals surface area (Å²) >= 11 is 1.58. The van der Waals surface area contributed by atoms with Crippen LogP contribution >= 0.6 is 11.3 Å². The van der Waals surface area contributed by atoms with Gasteiger partial charge < -0.3 is 10.2 Å². The maximum Gasteiger partial charge on any atom is 0.226 e. The van der Waals surface area contributed by atoms with E-state index >= 15 is 0 Å². The van der Waals surface area contributed by atoms with Crippen molar-refractivity contribution in [3.8, 4) is 6.07 Å². The molecule has 1 heterocycles. The van der Waals surface area contributed by atoms with E-state index in [4.69, 9.17) is 0 Å². The SMILES string of the molecule is CCCCN(C)CCC(=O)Nc1sc2c(c1C#N)CCC2. The molecule has 5 heteroatoms. The Labute approximate surface area is 130 Å². The number of carbonyl (C=O) groups is 1. The zero-order chi connectivity index (χ0) is 15.2. The van der Waals surface area contributed by atoms with Gasteiger partial charge in [-0.3, -0.25) is 4.79 Å². The number of nitrogens with zero attached hydrogens (tertiary/aromatic N) is 2. The number of fused-ring (bicyclic) bond motifs is 1. The lowest BCUT2D eigenvalue weighted by atomic mass is 10.1. The zero-order valence-corrected chi connectivity index (χ0v) is 13.7. The molecule has 2 rings (SSSR count). The van der Waals surface area contributed by atoms with Crippen molar-refractivity contribution >= 4 is 22.2 Å². The summed E-state index contributed by atoms with van der Waals surface area (Å²) in [6.45, 7) is 3.96. The van der Waals surface area contributed by atoms with Crippen molar-refractivity contribution in [3.05, 3.63) is 16.0 Å². The zero-order valence-electron chi connectivity index (χ0n) is 12.9. The molecule has 0 spiro atoms. The molecule has 4 nitrogen and oxygen atoms in total. The summed E-state index contributed by atoms with van der Waals surface area (Å²) in [5, 5.41) is 13.0. The van der Waals surface area contributed by atoms with Gasteiger partial charge in [0, 0.05) is 17.8 Å². The van der Waals surface area contributed by atoms with Gasteiger partial charge in [0.05, 0.1) is 5.56 Å². The van der Waals surface area contributed by atoms with Crippen LogP contribution in [0.3, 0.4) is 0 Å². The van der Waals surface area contributed by atoms with E-state index in [0.717, 1.165) is 49.3 Å². The van der Waals surface area contributed by atoms with Crippen molar-refractivity contribution < 1.29 is 4.79 Å². The third-order valence-electron chi connectivity index (χ3n) is 3.90. The number of hydrogen-bond acceptors (Lipinski definition) is 4. The van der Waals surface area contributed by atoms with E-state index in [-0.39, 0.29) is 5.91 Å². The number of hydrogen-bond donors (Lipinski definition) is 1. The Morgan fingerprint density at radius 1 is 1.43 bits per heavy atom. The van der Waals surface area contributed by atoms with Crippen LogP contribution in [0.15, 0.2) is 0 Å². The normalized spacial score (nSPS) is 13.2. The number of aryl methyl sites for hydroxylation is 1. The molecular weight excluding hydrogens is 282 g/mol. The van der Waals surface area contributed by atoms with Crippen molar-refractivity contribution in [1.29, 1.82) is 5.26 Å². The molecule has 1 aromatic rings. The van der Waals surface area contributed by atoms with E-state index in [1.54, 1.807) is 11.3 Å². The topological polar surface area (TPSA) is 56.1 Å². The molecule has 1 N–H and O–H groups in total. The van der Waals surface area contributed by atoms with Crippen LogP contribution in [-0.4, -0.2) is 30.9 Å². The second kappa shape index (κ2) is 7.58. The average Bonchev–Trinajstić information content (AvgIpc) is 3.03. The molecule has 0 unspecified atom stereocenters. The van der Waals surface area contributed by atoms with Gasteiger partial charge >= 0.3 is 0 Å². The van der Waals surface area contributed by atoms with E-state index in [9.17, 15) is 10.1 Å². The Bertz CT molecular complexity index is 544. The van der Waals surface area contributed by atoms with E-state index in [2.05, 4.69) is 23.2 Å². The minimum absolute atomic E-state index is 0.00905. The van der Waals surface area contributed by atoms with Crippen molar-refractivity contribution in [2.45, 2.75) is 45.4 Å². The molecule has 114 valence electrons. The summed E-state index contributed by atoms with van der Waals surface area (Å²) in [7, 11) is 2.04. The van der Waals surface area contributed by atoms with E-state index in [1.165, 1.54) is 11.3 Å². The van der Waals surface area contributed by atoms with Gasteiger partial charge in [-0.15, -0.1) is 11.3 Å². The molecule has 0 aliphatic heterocycles. The lowest BCUT2D eigenvalue weighted by Gasteiger charge is -2.15. The van der Waals surface area contributed by atoms with Crippen LogP contribution in [0.5, 0.6) is 0 Å². The number of amides is 1. The second-order valence-corrected chi connectivity index (χ2v) is 6.73. The molecule has 0 saturated carbocycles. The van der Waals surface area contributed by atoms with Crippen LogP contribution < -0.4 is 5.32 Å². The number of unbranched alkanes of at least 4 members (excludes halogenated alkanes) is 1. The van der Waals surface area contributed by atoms with Crippen LogP contribution in [-0.2, 0) is 17.6 Å². The lowest BCUT2D eigenvalue weighted by molar-refractivity contribution is -0.116.